The number of benzene rings is 1. The standard InChI is InChI=1S/C16H25N3O.HI/c17-16(19-15-9-5-2-6-10-15)18-11-12-20-13-14-7-3-1-4-8-14;/h1,3-4,7-8,15H,2,5-6,9-13H2,(H3,17,18,19);1H. The Bertz CT molecular complexity index is 405. The number of halogens is 1. The maximum absolute atomic E-state index is 5.88. The van der Waals surface area contributed by atoms with E-state index in [0.717, 1.165) is 0 Å². The lowest BCUT2D eigenvalue weighted by Gasteiger charge is -2.23. The predicted molar refractivity (Wildman–Crippen MR) is 98.0 cm³/mol. The summed E-state index contributed by atoms with van der Waals surface area (Å²) in [7, 11) is 0. The zero-order valence-electron chi connectivity index (χ0n) is 12.5. The number of ether oxygens (including phenoxy) is 1. The van der Waals surface area contributed by atoms with Crippen LogP contribution >= 0.6 is 24.0 Å². The van der Waals surface area contributed by atoms with Gasteiger partial charge < -0.3 is 15.8 Å². The van der Waals surface area contributed by atoms with E-state index in [-0.39, 0.29) is 24.0 Å². The van der Waals surface area contributed by atoms with Gasteiger partial charge in [0.05, 0.1) is 19.8 Å². The summed E-state index contributed by atoms with van der Waals surface area (Å²) >= 11 is 0. The monoisotopic (exact) mass is 403 g/mol. The highest BCUT2D eigenvalue weighted by Gasteiger charge is 2.12. The Kier molecular flexibility index (Phi) is 9.41. The molecule has 0 aromatic heterocycles. The average Bonchev–Trinajstić information content (AvgIpc) is 2.49. The molecule has 0 heterocycles. The number of nitrogens with zero attached hydrogens (tertiary/aromatic N) is 1. The zero-order valence-corrected chi connectivity index (χ0v) is 14.8. The van der Waals surface area contributed by atoms with Gasteiger partial charge in [-0.15, -0.1) is 24.0 Å². The molecule has 1 aliphatic rings. The van der Waals surface area contributed by atoms with Gasteiger partial charge in [0.1, 0.15) is 0 Å². The van der Waals surface area contributed by atoms with Crippen molar-refractivity contribution in [3.63, 3.8) is 0 Å². The van der Waals surface area contributed by atoms with Crippen molar-refractivity contribution in [2.24, 2.45) is 10.7 Å². The third kappa shape index (κ3) is 7.66. The summed E-state index contributed by atoms with van der Waals surface area (Å²) < 4.78 is 5.57. The Morgan fingerprint density at radius 1 is 1.19 bits per heavy atom. The molecule has 1 saturated carbocycles. The maximum atomic E-state index is 5.88. The Morgan fingerprint density at radius 2 is 1.90 bits per heavy atom. The van der Waals surface area contributed by atoms with E-state index in [1.165, 1.54) is 37.7 Å². The van der Waals surface area contributed by atoms with Crippen LogP contribution in [-0.4, -0.2) is 25.2 Å². The molecule has 0 radical (unpaired) electrons. The van der Waals surface area contributed by atoms with Crippen LogP contribution in [0.3, 0.4) is 0 Å². The largest absolute Gasteiger partial charge is 0.375 e. The number of aliphatic imine (C=N–C) groups is 1. The van der Waals surface area contributed by atoms with Crippen molar-refractivity contribution in [2.75, 3.05) is 13.2 Å². The van der Waals surface area contributed by atoms with Crippen molar-refractivity contribution >= 4 is 29.9 Å². The molecule has 0 atom stereocenters. The van der Waals surface area contributed by atoms with E-state index in [1.54, 1.807) is 0 Å². The van der Waals surface area contributed by atoms with E-state index in [1.807, 2.05) is 18.2 Å². The first-order valence-corrected chi connectivity index (χ1v) is 7.53. The summed E-state index contributed by atoms with van der Waals surface area (Å²) in [5.74, 6) is 0.556. The number of rotatable bonds is 6. The van der Waals surface area contributed by atoms with Crippen molar-refractivity contribution in [1.82, 2.24) is 5.32 Å². The Hall–Kier alpha value is -0.820. The molecule has 118 valence electrons. The molecule has 21 heavy (non-hydrogen) atoms. The van der Waals surface area contributed by atoms with Crippen LogP contribution in [0.25, 0.3) is 0 Å². The average molecular weight is 403 g/mol. The first-order chi connectivity index (χ1) is 9.84. The van der Waals surface area contributed by atoms with Crippen LogP contribution < -0.4 is 11.1 Å². The van der Waals surface area contributed by atoms with E-state index < -0.39 is 0 Å². The van der Waals surface area contributed by atoms with Crippen LogP contribution in [0.15, 0.2) is 35.3 Å². The normalized spacial score (nSPS) is 16.3. The van der Waals surface area contributed by atoms with Crippen molar-refractivity contribution in [1.29, 1.82) is 0 Å². The van der Waals surface area contributed by atoms with Crippen LogP contribution in [0.4, 0.5) is 0 Å². The first kappa shape index (κ1) is 18.2. The second-order valence-corrected chi connectivity index (χ2v) is 5.28. The highest BCUT2D eigenvalue weighted by molar-refractivity contribution is 14.0. The second-order valence-electron chi connectivity index (χ2n) is 5.28. The Labute approximate surface area is 144 Å². The zero-order chi connectivity index (χ0) is 14.0. The molecule has 0 amide bonds. The molecule has 0 aliphatic heterocycles. The lowest BCUT2D eigenvalue weighted by atomic mass is 9.96. The van der Waals surface area contributed by atoms with Gasteiger partial charge in [0.2, 0.25) is 0 Å². The third-order valence-electron chi connectivity index (χ3n) is 3.59. The van der Waals surface area contributed by atoms with E-state index in [9.17, 15) is 0 Å². The first-order valence-electron chi connectivity index (χ1n) is 7.53. The minimum atomic E-state index is 0. The van der Waals surface area contributed by atoms with Gasteiger partial charge in [-0.3, -0.25) is 4.99 Å². The van der Waals surface area contributed by atoms with Crippen LogP contribution in [0.5, 0.6) is 0 Å². The molecule has 0 bridgehead atoms. The summed E-state index contributed by atoms with van der Waals surface area (Å²) in [6.07, 6.45) is 6.36. The SMILES string of the molecule is I.NC(=NCCOCc1ccccc1)NC1CCCCC1. The van der Waals surface area contributed by atoms with Gasteiger partial charge in [0.25, 0.3) is 0 Å². The van der Waals surface area contributed by atoms with Crippen LogP contribution in [-0.2, 0) is 11.3 Å². The molecular weight excluding hydrogens is 377 g/mol. The van der Waals surface area contributed by atoms with Crippen molar-refractivity contribution in [3.05, 3.63) is 35.9 Å². The second kappa shape index (κ2) is 10.8. The van der Waals surface area contributed by atoms with Gasteiger partial charge >= 0.3 is 0 Å². The van der Waals surface area contributed by atoms with Gasteiger partial charge in [-0.05, 0) is 18.4 Å². The summed E-state index contributed by atoms with van der Waals surface area (Å²) in [5, 5.41) is 3.30. The number of guanidine groups is 1. The van der Waals surface area contributed by atoms with Gasteiger partial charge in [0, 0.05) is 6.04 Å². The molecule has 5 heteroatoms. The maximum Gasteiger partial charge on any atom is 0.188 e. The van der Waals surface area contributed by atoms with E-state index in [2.05, 4.69) is 22.4 Å². The quantitative estimate of drug-likeness (QED) is 0.332. The number of hydrogen-bond donors (Lipinski definition) is 2. The molecule has 0 unspecified atom stereocenters. The van der Waals surface area contributed by atoms with E-state index in [4.69, 9.17) is 10.5 Å². The number of hydrogen-bond acceptors (Lipinski definition) is 2. The molecule has 3 N–H and O–H groups in total. The van der Waals surface area contributed by atoms with Gasteiger partial charge in [-0.2, -0.15) is 0 Å². The van der Waals surface area contributed by atoms with Crippen LogP contribution in [0.1, 0.15) is 37.7 Å². The number of nitrogens with one attached hydrogen (secondary N) is 1. The van der Waals surface area contributed by atoms with Crippen molar-refractivity contribution in [2.45, 2.75) is 44.8 Å². The molecule has 4 nitrogen and oxygen atoms in total. The fourth-order valence-electron chi connectivity index (χ4n) is 2.50. The molecule has 1 aliphatic carbocycles. The Morgan fingerprint density at radius 3 is 2.62 bits per heavy atom. The third-order valence-corrected chi connectivity index (χ3v) is 3.59. The summed E-state index contributed by atoms with van der Waals surface area (Å²) in [5.41, 5.74) is 7.07. The minimum Gasteiger partial charge on any atom is -0.375 e. The van der Waals surface area contributed by atoms with Crippen molar-refractivity contribution < 1.29 is 4.74 Å². The van der Waals surface area contributed by atoms with E-state index >= 15 is 0 Å². The fourth-order valence-corrected chi connectivity index (χ4v) is 2.50. The molecule has 2 rings (SSSR count). The molecular formula is C16H26IN3O. The van der Waals surface area contributed by atoms with Gasteiger partial charge in [-0.1, -0.05) is 49.6 Å². The lowest BCUT2D eigenvalue weighted by Crippen LogP contribution is -2.41. The number of nitrogens with two attached hydrogens (primary N) is 1. The topological polar surface area (TPSA) is 59.6 Å². The van der Waals surface area contributed by atoms with Crippen LogP contribution in [0, 0.1) is 0 Å². The molecule has 0 spiro atoms. The highest BCUT2D eigenvalue weighted by Crippen LogP contribution is 2.16. The lowest BCUT2D eigenvalue weighted by molar-refractivity contribution is 0.128. The summed E-state index contributed by atoms with van der Waals surface area (Å²) in [6.45, 7) is 1.84. The minimum absolute atomic E-state index is 0. The Balaban J connectivity index is 0.00000220. The predicted octanol–water partition coefficient (Wildman–Crippen LogP) is 3.06. The summed E-state index contributed by atoms with van der Waals surface area (Å²) in [4.78, 5) is 4.31. The smallest absolute Gasteiger partial charge is 0.188 e. The van der Waals surface area contributed by atoms with Gasteiger partial charge in [0.15, 0.2) is 5.96 Å². The van der Waals surface area contributed by atoms with Crippen LogP contribution in [0.2, 0.25) is 0 Å². The van der Waals surface area contributed by atoms with Gasteiger partial charge in [-0.25, -0.2) is 0 Å². The summed E-state index contributed by atoms with van der Waals surface area (Å²) in [6, 6.07) is 10.7. The molecule has 0 saturated heterocycles. The van der Waals surface area contributed by atoms with E-state index in [0.29, 0.717) is 31.8 Å². The highest BCUT2D eigenvalue weighted by atomic mass is 127. The molecule has 1 aromatic rings. The fraction of sp³-hybridized carbons (Fsp3) is 0.562. The molecule has 1 fully saturated rings. The molecule has 1 aromatic carbocycles. The van der Waals surface area contributed by atoms with Crippen molar-refractivity contribution in [3.8, 4) is 0 Å².